The number of benzene rings is 1. The number of ether oxygens (including phenoxy) is 1. The molecule has 2 rings (SSSR count). The second-order valence-electron chi connectivity index (χ2n) is 4.17. The van der Waals surface area contributed by atoms with Crippen molar-refractivity contribution in [3.63, 3.8) is 0 Å². The monoisotopic (exact) mass is 288 g/mol. The molecule has 0 unspecified atom stereocenters. The highest BCUT2D eigenvalue weighted by Gasteiger charge is 2.26. The lowest BCUT2D eigenvalue weighted by Gasteiger charge is -2.06. The number of hydrogen-bond donors (Lipinski definition) is 1. The fourth-order valence-electron chi connectivity index (χ4n) is 1.68. The number of nitrogens with one attached hydrogen (secondary N) is 1. The predicted octanol–water partition coefficient (Wildman–Crippen LogP) is 1.11. The molecule has 7 heteroatoms. The van der Waals surface area contributed by atoms with Gasteiger partial charge in [-0.15, -0.1) is 0 Å². The number of hydrogen-bond acceptors (Lipinski definition) is 4. The molecule has 3 amide bonds. The van der Waals surface area contributed by atoms with E-state index in [0.717, 1.165) is 16.8 Å². The molecule has 1 aromatic rings. The Morgan fingerprint density at radius 1 is 1.24 bits per heavy atom. The van der Waals surface area contributed by atoms with Crippen molar-refractivity contribution in [2.24, 2.45) is 5.11 Å². The van der Waals surface area contributed by atoms with E-state index in [2.05, 4.69) is 10.4 Å². The summed E-state index contributed by atoms with van der Waals surface area (Å²) in [7, 11) is 0. The SMILES string of the molecule is CCOc1ccc(NC(=O)C[N+]2=NC(=O)C=CC2=O)cc1. The van der Waals surface area contributed by atoms with Gasteiger partial charge in [0.25, 0.3) is 12.5 Å². The largest absolute Gasteiger partial charge is 0.494 e. The van der Waals surface area contributed by atoms with Crippen molar-refractivity contribution in [3.8, 4) is 5.75 Å². The van der Waals surface area contributed by atoms with E-state index in [4.69, 9.17) is 4.74 Å². The first kappa shape index (κ1) is 14.6. The molecule has 1 N–H and O–H groups in total. The van der Waals surface area contributed by atoms with Crippen molar-refractivity contribution in [1.82, 2.24) is 0 Å². The maximum Gasteiger partial charge on any atom is 0.437 e. The Morgan fingerprint density at radius 2 is 1.95 bits per heavy atom. The summed E-state index contributed by atoms with van der Waals surface area (Å²) in [5.41, 5.74) is 0.565. The summed E-state index contributed by atoms with van der Waals surface area (Å²) in [5, 5.41) is 6.07. The molecule has 1 aromatic carbocycles. The molecule has 0 fully saturated rings. The van der Waals surface area contributed by atoms with Crippen LogP contribution in [-0.4, -0.2) is 35.6 Å². The van der Waals surface area contributed by atoms with Crippen LogP contribution in [0.4, 0.5) is 5.69 Å². The highest BCUT2D eigenvalue weighted by molar-refractivity contribution is 5.98. The van der Waals surface area contributed by atoms with E-state index >= 15 is 0 Å². The Balaban J connectivity index is 1.95. The van der Waals surface area contributed by atoms with E-state index in [9.17, 15) is 14.4 Å². The van der Waals surface area contributed by atoms with Gasteiger partial charge in [-0.3, -0.25) is 9.59 Å². The lowest BCUT2D eigenvalue weighted by Crippen LogP contribution is -2.31. The van der Waals surface area contributed by atoms with Crippen LogP contribution in [-0.2, 0) is 14.4 Å². The van der Waals surface area contributed by atoms with E-state index in [0.29, 0.717) is 18.0 Å². The number of rotatable bonds is 5. The molecule has 0 saturated heterocycles. The van der Waals surface area contributed by atoms with Crippen LogP contribution in [0.5, 0.6) is 5.75 Å². The lowest BCUT2D eigenvalue weighted by atomic mass is 10.3. The van der Waals surface area contributed by atoms with Crippen LogP contribution in [0.15, 0.2) is 41.5 Å². The summed E-state index contributed by atoms with van der Waals surface area (Å²) in [6, 6.07) is 6.82. The van der Waals surface area contributed by atoms with Crippen LogP contribution < -0.4 is 10.1 Å². The van der Waals surface area contributed by atoms with Crippen LogP contribution in [0.3, 0.4) is 0 Å². The number of carbonyl (C=O) groups is 3. The minimum atomic E-state index is -0.566. The van der Waals surface area contributed by atoms with Crippen molar-refractivity contribution < 1.29 is 23.8 Å². The molecule has 1 aliphatic heterocycles. The number of amides is 3. The maximum atomic E-state index is 11.8. The molecule has 0 atom stereocenters. The summed E-state index contributed by atoms with van der Waals surface area (Å²) in [4.78, 5) is 34.3. The molecule has 1 aliphatic rings. The summed E-state index contributed by atoms with van der Waals surface area (Å²) >= 11 is 0. The van der Waals surface area contributed by atoms with Gasteiger partial charge in [0, 0.05) is 16.9 Å². The summed E-state index contributed by atoms with van der Waals surface area (Å²) in [5.74, 6) is -0.813. The zero-order valence-electron chi connectivity index (χ0n) is 11.4. The normalized spacial score (nSPS) is 13.9. The van der Waals surface area contributed by atoms with E-state index in [1.165, 1.54) is 0 Å². The van der Waals surface area contributed by atoms with Crippen LogP contribution in [0.25, 0.3) is 0 Å². The maximum absolute atomic E-state index is 11.8. The Labute approximate surface area is 120 Å². The van der Waals surface area contributed by atoms with Crippen LogP contribution in [0.2, 0.25) is 0 Å². The van der Waals surface area contributed by atoms with Gasteiger partial charge in [0.15, 0.2) is 0 Å². The van der Waals surface area contributed by atoms with Gasteiger partial charge in [-0.25, -0.2) is 4.79 Å². The zero-order valence-corrected chi connectivity index (χ0v) is 11.4. The zero-order chi connectivity index (χ0) is 15.2. The first-order chi connectivity index (χ1) is 10.1. The van der Waals surface area contributed by atoms with Crippen molar-refractivity contribution in [1.29, 1.82) is 0 Å². The third-order valence-electron chi connectivity index (χ3n) is 2.58. The van der Waals surface area contributed by atoms with E-state index in [-0.39, 0.29) is 6.54 Å². The van der Waals surface area contributed by atoms with Gasteiger partial charge >= 0.3 is 11.8 Å². The van der Waals surface area contributed by atoms with Gasteiger partial charge in [-0.2, -0.15) is 0 Å². The molecule has 21 heavy (non-hydrogen) atoms. The number of anilines is 1. The van der Waals surface area contributed by atoms with Crippen molar-refractivity contribution in [2.45, 2.75) is 6.92 Å². The summed E-state index contributed by atoms with van der Waals surface area (Å²) < 4.78 is 6.11. The minimum absolute atomic E-state index is 0.317. The van der Waals surface area contributed by atoms with Crippen molar-refractivity contribution in [3.05, 3.63) is 36.4 Å². The highest BCUT2D eigenvalue weighted by Crippen LogP contribution is 2.15. The van der Waals surface area contributed by atoms with Crippen LogP contribution >= 0.6 is 0 Å². The molecular weight excluding hydrogens is 274 g/mol. The Morgan fingerprint density at radius 3 is 2.62 bits per heavy atom. The number of carbonyl (C=O) groups excluding carboxylic acids is 3. The highest BCUT2D eigenvalue weighted by atomic mass is 16.5. The second kappa shape index (κ2) is 6.56. The van der Waals surface area contributed by atoms with Gasteiger partial charge in [0.05, 0.1) is 12.7 Å². The molecule has 0 radical (unpaired) electrons. The molecule has 0 spiro atoms. The average molecular weight is 288 g/mol. The molecule has 0 saturated carbocycles. The topological polar surface area (TPSA) is 87.8 Å². The first-order valence-corrected chi connectivity index (χ1v) is 6.36. The third kappa shape index (κ3) is 4.07. The van der Waals surface area contributed by atoms with Crippen molar-refractivity contribution >= 4 is 23.4 Å². The fourth-order valence-corrected chi connectivity index (χ4v) is 1.68. The van der Waals surface area contributed by atoms with Gasteiger partial charge in [-0.05, 0) is 35.9 Å². The first-order valence-electron chi connectivity index (χ1n) is 6.36. The molecule has 0 bridgehead atoms. The summed E-state index contributed by atoms with van der Waals surface area (Å²) in [6.07, 6.45) is 2.14. The Bertz CT molecular complexity index is 632. The van der Waals surface area contributed by atoms with Gasteiger partial charge in [0.1, 0.15) is 5.75 Å². The molecule has 108 valence electrons. The predicted molar refractivity (Wildman–Crippen MR) is 73.0 cm³/mol. The molecule has 1 heterocycles. The molecule has 0 aromatic heterocycles. The minimum Gasteiger partial charge on any atom is -0.494 e. The Hall–Kier alpha value is -2.83. The average Bonchev–Trinajstić information content (AvgIpc) is 2.45. The van der Waals surface area contributed by atoms with Crippen LogP contribution in [0, 0.1) is 0 Å². The fraction of sp³-hybridized carbons (Fsp3) is 0.214. The van der Waals surface area contributed by atoms with Gasteiger partial charge in [-0.1, -0.05) is 0 Å². The van der Waals surface area contributed by atoms with Gasteiger partial charge in [0.2, 0.25) is 0 Å². The van der Waals surface area contributed by atoms with E-state index in [1.807, 2.05) is 6.92 Å². The van der Waals surface area contributed by atoms with Crippen molar-refractivity contribution in [2.75, 3.05) is 18.5 Å². The molecular formula is C14H14N3O4+. The quantitative estimate of drug-likeness (QED) is 0.822. The van der Waals surface area contributed by atoms with E-state index in [1.54, 1.807) is 24.3 Å². The summed E-state index contributed by atoms with van der Waals surface area (Å²) in [6.45, 7) is 2.12. The van der Waals surface area contributed by atoms with Crippen LogP contribution in [0.1, 0.15) is 6.92 Å². The lowest BCUT2D eigenvalue weighted by molar-refractivity contribution is -0.495. The standard InChI is InChI=1S/C14H13N3O4/c1-2-21-11-5-3-10(4-6-11)15-13(19)9-17-14(20)8-7-12(18)16-17/h3-8H,2,9H2,1H3/p+1. The Kier molecular flexibility index (Phi) is 4.55. The number of nitrogens with zero attached hydrogens (tertiary/aromatic N) is 2. The second-order valence-corrected chi connectivity index (χ2v) is 4.17. The molecule has 0 aliphatic carbocycles. The third-order valence-corrected chi connectivity index (χ3v) is 2.58. The van der Waals surface area contributed by atoms with Gasteiger partial charge < -0.3 is 10.1 Å². The number of azo groups is 2. The van der Waals surface area contributed by atoms with E-state index < -0.39 is 17.7 Å². The molecule has 7 nitrogen and oxygen atoms in total. The smallest absolute Gasteiger partial charge is 0.437 e.